The molecule has 1 N–H and O–H groups in total. The summed E-state index contributed by atoms with van der Waals surface area (Å²) < 4.78 is 26.0. The minimum absolute atomic E-state index is 0.0626. The largest absolute Gasteiger partial charge is 0.357 e. The van der Waals surface area contributed by atoms with Crippen molar-refractivity contribution >= 4 is 50.7 Å². The van der Waals surface area contributed by atoms with Crippen LogP contribution in [0.3, 0.4) is 0 Å². The van der Waals surface area contributed by atoms with E-state index in [2.05, 4.69) is 5.32 Å². The van der Waals surface area contributed by atoms with Crippen LogP contribution in [0, 0.1) is 6.92 Å². The van der Waals surface area contributed by atoms with Gasteiger partial charge < -0.3 is 10.2 Å². The van der Waals surface area contributed by atoms with Crippen molar-refractivity contribution in [1.29, 1.82) is 0 Å². The van der Waals surface area contributed by atoms with Crippen LogP contribution in [0.15, 0.2) is 42.5 Å². The first-order valence-corrected chi connectivity index (χ1v) is 12.6. The summed E-state index contributed by atoms with van der Waals surface area (Å²) in [6, 6.07) is 11.0. The van der Waals surface area contributed by atoms with Gasteiger partial charge in [-0.2, -0.15) is 0 Å². The molecule has 0 aliphatic rings. The quantitative estimate of drug-likeness (QED) is 0.570. The van der Waals surface area contributed by atoms with Crippen LogP contribution in [-0.2, 0) is 26.2 Å². The Hall–Kier alpha value is -2.29. The van der Waals surface area contributed by atoms with Crippen LogP contribution in [0.2, 0.25) is 10.0 Å². The minimum Gasteiger partial charge on any atom is -0.357 e. The lowest BCUT2D eigenvalue weighted by molar-refractivity contribution is -0.140. The molecule has 0 saturated carbocycles. The van der Waals surface area contributed by atoms with Crippen molar-refractivity contribution in [3.63, 3.8) is 0 Å². The fourth-order valence-electron chi connectivity index (χ4n) is 3.25. The Bertz CT molecular complexity index is 1080. The first-order chi connectivity index (χ1) is 15.0. The summed E-state index contributed by atoms with van der Waals surface area (Å²) in [6.07, 6.45) is 1.38. The van der Waals surface area contributed by atoms with Gasteiger partial charge in [0.1, 0.15) is 12.6 Å². The van der Waals surface area contributed by atoms with Gasteiger partial charge in [0.15, 0.2) is 0 Å². The van der Waals surface area contributed by atoms with Gasteiger partial charge in [0.25, 0.3) is 0 Å². The van der Waals surface area contributed by atoms with Crippen molar-refractivity contribution in [2.75, 3.05) is 24.2 Å². The molecule has 0 aromatic heterocycles. The Morgan fingerprint density at radius 1 is 1.06 bits per heavy atom. The van der Waals surface area contributed by atoms with Crippen LogP contribution < -0.4 is 9.62 Å². The van der Waals surface area contributed by atoms with Crippen molar-refractivity contribution in [3.05, 3.63) is 63.6 Å². The second kappa shape index (κ2) is 11.0. The molecule has 2 aromatic rings. The van der Waals surface area contributed by atoms with Crippen molar-refractivity contribution in [1.82, 2.24) is 10.2 Å². The van der Waals surface area contributed by atoms with Gasteiger partial charge in [-0.25, -0.2) is 8.42 Å². The highest BCUT2D eigenvalue weighted by molar-refractivity contribution is 7.92. The van der Waals surface area contributed by atoms with Crippen molar-refractivity contribution in [3.8, 4) is 0 Å². The second-order valence-electron chi connectivity index (χ2n) is 7.41. The van der Waals surface area contributed by atoms with E-state index in [9.17, 15) is 18.0 Å². The number of likely N-dealkylation sites (N-methyl/N-ethyl adjacent to an activating group) is 1. The van der Waals surface area contributed by atoms with Crippen molar-refractivity contribution in [2.24, 2.45) is 0 Å². The number of hydrogen-bond donors (Lipinski definition) is 1. The Morgan fingerprint density at radius 2 is 1.69 bits per heavy atom. The lowest BCUT2D eigenvalue weighted by atomic mass is 10.1. The molecule has 1 atom stereocenters. The van der Waals surface area contributed by atoms with Crippen LogP contribution in [0.5, 0.6) is 0 Å². The smallest absolute Gasteiger partial charge is 0.244 e. The molecule has 0 radical (unpaired) electrons. The third kappa shape index (κ3) is 6.60. The summed E-state index contributed by atoms with van der Waals surface area (Å²) in [5, 5.41) is 3.26. The van der Waals surface area contributed by atoms with E-state index in [0.717, 1.165) is 16.1 Å². The van der Waals surface area contributed by atoms with Crippen LogP contribution in [0.25, 0.3) is 0 Å². The number of halogens is 2. The van der Waals surface area contributed by atoms with E-state index in [1.807, 2.05) is 6.92 Å². The number of nitrogens with zero attached hydrogens (tertiary/aromatic N) is 2. The molecule has 174 valence electrons. The summed E-state index contributed by atoms with van der Waals surface area (Å²) in [7, 11) is -2.27. The SMILES string of the molecule is CC[C@@H](C(=O)NC)N(Cc1ccc(Cl)c(Cl)c1)C(=O)CN(c1ccc(C)cc1)S(C)(=O)=O. The lowest BCUT2D eigenvalue weighted by Gasteiger charge is -2.32. The zero-order valence-corrected chi connectivity index (χ0v) is 20.8. The Balaban J connectivity index is 2.43. The summed E-state index contributed by atoms with van der Waals surface area (Å²) in [6.45, 7) is 3.28. The summed E-state index contributed by atoms with van der Waals surface area (Å²) in [5.41, 5.74) is 1.99. The number of nitrogens with one attached hydrogen (secondary N) is 1. The number of sulfonamides is 1. The summed E-state index contributed by atoms with van der Waals surface area (Å²) in [5.74, 6) is -0.861. The molecule has 0 aliphatic carbocycles. The lowest BCUT2D eigenvalue weighted by Crippen LogP contribution is -2.51. The van der Waals surface area contributed by atoms with E-state index in [1.165, 1.54) is 11.9 Å². The topological polar surface area (TPSA) is 86.8 Å². The van der Waals surface area contributed by atoms with Crippen LogP contribution in [-0.4, -0.2) is 51.0 Å². The maximum absolute atomic E-state index is 13.4. The third-order valence-electron chi connectivity index (χ3n) is 4.97. The van der Waals surface area contributed by atoms with Gasteiger partial charge in [-0.1, -0.05) is 53.9 Å². The van der Waals surface area contributed by atoms with Crippen molar-refractivity contribution in [2.45, 2.75) is 32.9 Å². The van der Waals surface area contributed by atoms with Gasteiger partial charge in [-0.15, -0.1) is 0 Å². The predicted octanol–water partition coefficient (Wildman–Crippen LogP) is 3.62. The van der Waals surface area contributed by atoms with E-state index >= 15 is 0 Å². The third-order valence-corrected chi connectivity index (χ3v) is 6.85. The van der Waals surface area contributed by atoms with Crippen LogP contribution >= 0.6 is 23.2 Å². The fraction of sp³-hybridized carbons (Fsp3) is 0.364. The highest BCUT2D eigenvalue weighted by Crippen LogP contribution is 2.25. The van der Waals surface area contributed by atoms with Crippen LogP contribution in [0.4, 0.5) is 5.69 Å². The van der Waals surface area contributed by atoms with E-state index in [4.69, 9.17) is 23.2 Å². The zero-order valence-electron chi connectivity index (χ0n) is 18.4. The number of rotatable bonds is 9. The van der Waals surface area contributed by atoms with Crippen LogP contribution in [0.1, 0.15) is 24.5 Å². The standard InChI is InChI=1S/C22H27Cl2N3O4S/c1-5-20(22(29)25-3)26(13-16-8-11-18(23)19(24)12-16)21(28)14-27(32(4,30)31)17-9-6-15(2)7-10-17/h6-12,20H,5,13-14H2,1-4H3,(H,25,29)/t20-/m0/s1. The first-order valence-electron chi connectivity index (χ1n) is 9.97. The average molecular weight is 500 g/mol. The first kappa shape index (κ1) is 26.0. The zero-order chi connectivity index (χ0) is 24.1. The molecular formula is C22H27Cl2N3O4S. The molecule has 7 nitrogen and oxygen atoms in total. The number of hydrogen-bond acceptors (Lipinski definition) is 4. The van der Waals surface area contributed by atoms with Crippen molar-refractivity contribution < 1.29 is 18.0 Å². The van der Waals surface area contributed by atoms with E-state index in [-0.39, 0.29) is 12.5 Å². The minimum atomic E-state index is -3.76. The molecule has 0 heterocycles. The molecule has 2 rings (SSSR count). The molecule has 2 aromatic carbocycles. The maximum atomic E-state index is 13.4. The molecule has 0 spiro atoms. The second-order valence-corrected chi connectivity index (χ2v) is 10.1. The summed E-state index contributed by atoms with van der Waals surface area (Å²) in [4.78, 5) is 27.3. The molecule has 0 bridgehead atoms. The molecular weight excluding hydrogens is 473 g/mol. The molecule has 0 fully saturated rings. The van der Waals surface area contributed by atoms with Gasteiger partial charge in [0, 0.05) is 13.6 Å². The van der Waals surface area contributed by atoms with E-state index < -0.39 is 28.5 Å². The highest BCUT2D eigenvalue weighted by Gasteiger charge is 2.31. The van der Waals surface area contributed by atoms with E-state index in [0.29, 0.717) is 27.7 Å². The molecule has 10 heteroatoms. The maximum Gasteiger partial charge on any atom is 0.244 e. The van der Waals surface area contributed by atoms with Gasteiger partial charge >= 0.3 is 0 Å². The van der Waals surface area contributed by atoms with E-state index in [1.54, 1.807) is 49.4 Å². The highest BCUT2D eigenvalue weighted by atomic mass is 35.5. The fourth-order valence-corrected chi connectivity index (χ4v) is 4.42. The molecule has 0 aliphatic heterocycles. The Kier molecular flexibility index (Phi) is 8.95. The number of benzene rings is 2. The Morgan fingerprint density at radius 3 is 2.19 bits per heavy atom. The average Bonchev–Trinajstić information content (AvgIpc) is 2.74. The number of carbonyl (C=O) groups excluding carboxylic acids is 2. The number of anilines is 1. The number of amides is 2. The molecule has 32 heavy (non-hydrogen) atoms. The molecule has 2 amide bonds. The Labute approximate surface area is 199 Å². The predicted molar refractivity (Wildman–Crippen MR) is 129 cm³/mol. The molecule has 0 unspecified atom stereocenters. The van der Waals surface area contributed by atoms with Gasteiger partial charge in [-0.3, -0.25) is 13.9 Å². The number of carbonyl (C=O) groups is 2. The summed E-state index contributed by atoms with van der Waals surface area (Å²) >= 11 is 12.1. The monoisotopic (exact) mass is 499 g/mol. The normalized spacial score (nSPS) is 12.2. The number of aryl methyl sites for hydroxylation is 1. The van der Waals surface area contributed by atoms with Gasteiger partial charge in [0.2, 0.25) is 21.8 Å². The van der Waals surface area contributed by atoms with Gasteiger partial charge in [-0.05, 0) is 43.2 Å². The van der Waals surface area contributed by atoms with Gasteiger partial charge in [0.05, 0.1) is 22.0 Å². The molecule has 0 saturated heterocycles.